The number of ketones is 1. The lowest BCUT2D eigenvalue weighted by atomic mass is 10.1. The van der Waals surface area contributed by atoms with Gasteiger partial charge in [-0.05, 0) is 50.1 Å². The summed E-state index contributed by atoms with van der Waals surface area (Å²) < 4.78 is 11.1. The second kappa shape index (κ2) is 10.6. The fourth-order valence-corrected chi connectivity index (χ4v) is 3.24. The van der Waals surface area contributed by atoms with Crippen molar-refractivity contribution in [3.63, 3.8) is 0 Å². The molecule has 1 N–H and O–H groups in total. The van der Waals surface area contributed by atoms with Crippen LogP contribution in [0, 0.1) is 6.92 Å². The maximum atomic E-state index is 12.6. The van der Waals surface area contributed by atoms with Crippen LogP contribution in [0.15, 0.2) is 42.5 Å². The van der Waals surface area contributed by atoms with Gasteiger partial charge in [0.15, 0.2) is 19.0 Å². The summed E-state index contributed by atoms with van der Waals surface area (Å²) in [4.78, 5) is 38.5. The number of anilines is 1. The maximum Gasteiger partial charge on any atom is 0.265 e. The van der Waals surface area contributed by atoms with E-state index in [1.54, 1.807) is 23.1 Å². The van der Waals surface area contributed by atoms with Gasteiger partial charge in [0.2, 0.25) is 5.91 Å². The van der Waals surface area contributed by atoms with Gasteiger partial charge in [-0.2, -0.15) is 0 Å². The minimum Gasteiger partial charge on any atom is -0.485 e. The van der Waals surface area contributed by atoms with E-state index < -0.39 is 0 Å². The summed E-state index contributed by atoms with van der Waals surface area (Å²) in [6.07, 6.45) is 1.74. The number of Topliss-reactive ketones (excluding diaryl/α,β-unsaturated/α-hetero) is 1. The van der Waals surface area contributed by atoms with Crippen LogP contribution < -0.4 is 19.7 Å². The highest BCUT2D eigenvalue weighted by atomic mass is 16.5. The molecule has 0 aromatic heterocycles. The Morgan fingerprint density at radius 1 is 1.16 bits per heavy atom. The van der Waals surface area contributed by atoms with E-state index in [1.165, 1.54) is 0 Å². The van der Waals surface area contributed by atoms with Gasteiger partial charge in [-0.3, -0.25) is 14.4 Å². The van der Waals surface area contributed by atoms with Crippen molar-refractivity contribution >= 4 is 23.3 Å². The first-order valence-corrected chi connectivity index (χ1v) is 10.5. The van der Waals surface area contributed by atoms with Gasteiger partial charge < -0.3 is 19.7 Å². The van der Waals surface area contributed by atoms with E-state index in [4.69, 9.17) is 9.47 Å². The number of hydrogen-bond donors (Lipinski definition) is 1. The van der Waals surface area contributed by atoms with E-state index in [-0.39, 0.29) is 30.8 Å². The summed E-state index contributed by atoms with van der Waals surface area (Å²) in [7, 11) is 0. The fraction of sp³-hybridized carbons (Fsp3) is 0.375. The highest BCUT2D eigenvalue weighted by Gasteiger charge is 2.26. The van der Waals surface area contributed by atoms with Gasteiger partial charge in [0.05, 0.1) is 5.69 Å². The highest BCUT2D eigenvalue weighted by molar-refractivity contribution is 6.02. The summed E-state index contributed by atoms with van der Waals surface area (Å²) in [6, 6.07) is 12.5. The van der Waals surface area contributed by atoms with Crippen LogP contribution >= 0.6 is 0 Å². The van der Waals surface area contributed by atoms with E-state index >= 15 is 0 Å². The third kappa shape index (κ3) is 6.07. The average Bonchev–Trinajstić information content (AvgIpc) is 2.78. The molecule has 0 saturated carbocycles. The molecule has 0 bridgehead atoms. The van der Waals surface area contributed by atoms with Crippen LogP contribution in [0.3, 0.4) is 0 Å². The molecule has 3 rings (SSSR count). The first kappa shape index (κ1) is 22.3. The number of benzene rings is 2. The Morgan fingerprint density at radius 3 is 2.68 bits per heavy atom. The molecule has 1 aliphatic rings. The number of carbonyl (C=O) groups excluding carboxylic acids is 3. The minimum absolute atomic E-state index is 0.0278. The van der Waals surface area contributed by atoms with Crippen molar-refractivity contribution < 1.29 is 23.9 Å². The molecule has 0 unspecified atom stereocenters. The van der Waals surface area contributed by atoms with E-state index in [9.17, 15) is 14.4 Å². The first-order valence-electron chi connectivity index (χ1n) is 10.5. The zero-order valence-electron chi connectivity index (χ0n) is 18.0. The van der Waals surface area contributed by atoms with Crippen LogP contribution in [0.5, 0.6) is 11.5 Å². The number of nitrogens with zero attached hydrogens (tertiary/aromatic N) is 1. The monoisotopic (exact) mass is 424 g/mol. The smallest absolute Gasteiger partial charge is 0.265 e. The molecular formula is C24H28N2O5. The molecule has 1 aliphatic heterocycles. The zero-order valence-corrected chi connectivity index (χ0v) is 18.0. The highest BCUT2D eigenvalue weighted by Crippen LogP contribution is 2.33. The van der Waals surface area contributed by atoms with Crippen molar-refractivity contribution in [3.05, 3.63) is 53.6 Å². The lowest BCUT2D eigenvalue weighted by molar-refractivity contribution is -0.122. The fourth-order valence-electron chi connectivity index (χ4n) is 3.24. The Hall–Kier alpha value is -3.35. The third-order valence-corrected chi connectivity index (χ3v) is 4.97. The predicted molar refractivity (Wildman–Crippen MR) is 118 cm³/mol. The molecule has 0 fully saturated rings. The van der Waals surface area contributed by atoms with Crippen LogP contribution in [0.4, 0.5) is 5.69 Å². The SMILES string of the molecule is CCCNC(=O)CCCN1C(=O)COc2ccc(C(=O)COc3ccc(C)cc3)cc21. The second-order valence-corrected chi connectivity index (χ2v) is 7.49. The Bertz CT molecular complexity index is 939. The van der Waals surface area contributed by atoms with Crippen molar-refractivity contribution in [3.8, 4) is 11.5 Å². The lowest BCUT2D eigenvalue weighted by Gasteiger charge is -2.29. The number of fused-ring (bicyclic) bond motifs is 1. The molecule has 2 amide bonds. The number of carbonyl (C=O) groups is 3. The van der Waals surface area contributed by atoms with E-state index in [1.807, 2.05) is 38.1 Å². The summed E-state index contributed by atoms with van der Waals surface area (Å²) in [5.41, 5.74) is 2.10. The number of nitrogens with one attached hydrogen (secondary N) is 1. The number of amides is 2. The summed E-state index contributed by atoms with van der Waals surface area (Å²) >= 11 is 0. The van der Waals surface area contributed by atoms with Gasteiger partial charge in [0, 0.05) is 25.1 Å². The second-order valence-electron chi connectivity index (χ2n) is 7.49. The summed E-state index contributed by atoms with van der Waals surface area (Å²) in [5.74, 6) is 0.756. The van der Waals surface area contributed by atoms with Crippen LogP contribution in [0.25, 0.3) is 0 Å². The molecule has 31 heavy (non-hydrogen) atoms. The number of ether oxygens (including phenoxy) is 2. The van der Waals surface area contributed by atoms with Gasteiger partial charge in [-0.25, -0.2) is 0 Å². The molecular weight excluding hydrogens is 396 g/mol. The van der Waals surface area contributed by atoms with Crippen molar-refractivity contribution in [1.29, 1.82) is 0 Å². The summed E-state index contributed by atoms with van der Waals surface area (Å²) in [6.45, 7) is 4.84. The summed E-state index contributed by atoms with van der Waals surface area (Å²) in [5, 5.41) is 2.83. The molecule has 0 spiro atoms. The van der Waals surface area contributed by atoms with Gasteiger partial charge in [-0.15, -0.1) is 0 Å². The quantitative estimate of drug-likeness (QED) is 0.592. The standard InChI is InChI=1S/C24H28N2O5/c1-3-12-25-23(28)5-4-13-26-20-14-18(8-11-22(20)31-16-24(26)29)21(27)15-30-19-9-6-17(2)7-10-19/h6-11,14H,3-5,12-13,15-16H2,1-2H3,(H,25,28). The van der Waals surface area contributed by atoms with Crippen LogP contribution in [0.2, 0.25) is 0 Å². The maximum absolute atomic E-state index is 12.6. The lowest BCUT2D eigenvalue weighted by Crippen LogP contribution is -2.40. The molecule has 0 radical (unpaired) electrons. The van der Waals surface area contributed by atoms with E-state index in [0.717, 1.165) is 12.0 Å². The topological polar surface area (TPSA) is 84.9 Å². The van der Waals surface area contributed by atoms with Gasteiger partial charge in [-0.1, -0.05) is 24.6 Å². The van der Waals surface area contributed by atoms with Crippen LogP contribution in [-0.2, 0) is 9.59 Å². The Balaban J connectivity index is 1.64. The molecule has 0 aliphatic carbocycles. The van der Waals surface area contributed by atoms with Crippen molar-refractivity contribution in [2.75, 3.05) is 31.2 Å². The molecule has 164 valence electrons. The van der Waals surface area contributed by atoms with E-state index in [0.29, 0.717) is 48.7 Å². The zero-order chi connectivity index (χ0) is 22.2. The van der Waals surface area contributed by atoms with Gasteiger partial charge >= 0.3 is 0 Å². The molecule has 2 aromatic rings. The Labute approximate surface area is 182 Å². The molecule has 2 aromatic carbocycles. The van der Waals surface area contributed by atoms with Gasteiger partial charge in [0.25, 0.3) is 5.91 Å². The van der Waals surface area contributed by atoms with Crippen LogP contribution in [-0.4, -0.2) is 43.9 Å². The molecule has 7 nitrogen and oxygen atoms in total. The molecule has 0 atom stereocenters. The first-order chi connectivity index (χ1) is 15.0. The normalized spacial score (nSPS) is 12.7. The molecule has 1 heterocycles. The molecule has 0 saturated heterocycles. The van der Waals surface area contributed by atoms with Gasteiger partial charge in [0.1, 0.15) is 11.5 Å². The number of aryl methyl sites for hydroxylation is 1. The van der Waals surface area contributed by atoms with Crippen molar-refractivity contribution in [1.82, 2.24) is 5.32 Å². The van der Waals surface area contributed by atoms with Crippen molar-refractivity contribution in [2.24, 2.45) is 0 Å². The largest absolute Gasteiger partial charge is 0.485 e. The van der Waals surface area contributed by atoms with Crippen LogP contribution in [0.1, 0.15) is 42.1 Å². The number of hydrogen-bond acceptors (Lipinski definition) is 5. The van der Waals surface area contributed by atoms with Crippen molar-refractivity contribution in [2.45, 2.75) is 33.1 Å². The number of rotatable bonds is 10. The Kier molecular flexibility index (Phi) is 7.65. The third-order valence-electron chi connectivity index (χ3n) is 4.97. The van der Waals surface area contributed by atoms with E-state index in [2.05, 4.69) is 5.32 Å². The minimum atomic E-state index is -0.194. The average molecular weight is 424 g/mol. The Morgan fingerprint density at radius 2 is 1.94 bits per heavy atom. The predicted octanol–water partition coefficient (Wildman–Crippen LogP) is 3.29. The molecule has 7 heteroatoms.